The van der Waals surface area contributed by atoms with E-state index in [2.05, 4.69) is 21.1 Å². The first-order valence-electron chi connectivity index (χ1n) is 3.95. The van der Waals surface area contributed by atoms with Gasteiger partial charge in [-0.1, -0.05) is 44.3 Å². The number of rotatable bonds is 1. The topological polar surface area (TPSA) is 52.0 Å². The van der Waals surface area contributed by atoms with Gasteiger partial charge in [0.15, 0.2) is 11.6 Å². The quantitative estimate of drug-likeness (QED) is 0.866. The molecule has 2 aromatic rings. The average Bonchev–Trinajstić information content (AvgIpc) is 2.46. The largest absolute Gasteiger partial charge is 0.380 e. The number of halogens is 3. The zero-order valence-electron chi connectivity index (χ0n) is 7.30. The minimum absolute atomic E-state index is 0.169. The van der Waals surface area contributed by atoms with E-state index in [9.17, 15) is 0 Å². The number of anilines is 1. The summed E-state index contributed by atoms with van der Waals surface area (Å²) in [5, 5.41) is 4.43. The van der Waals surface area contributed by atoms with Crippen molar-refractivity contribution in [2.45, 2.75) is 0 Å². The molecule has 0 bridgehead atoms. The minimum Gasteiger partial charge on any atom is -0.380 e. The molecule has 15 heavy (non-hydrogen) atoms. The normalized spacial score (nSPS) is 10.6. The molecule has 1 aromatic carbocycles. The van der Waals surface area contributed by atoms with Crippen molar-refractivity contribution >= 4 is 44.9 Å². The van der Waals surface area contributed by atoms with Gasteiger partial charge in [0, 0.05) is 15.1 Å². The van der Waals surface area contributed by atoms with Crippen molar-refractivity contribution in [1.82, 2.24) is 5.16 Å². The van der Waals surface area contributed by atoms with Crippen LogP contribution < -0.4 is 5.73 Å². The van der Waals surface area contributed by atoms with Crippen LogP contribution >= 0.6 is 39.1 Å². The molecule has 0 radical (unpaired) electrons. The third-order valence-electron chi connectivity index (χ3n) is 1.78. The molecule has 0 aliphatic heterocycles. The monoisotopic (exact) mass is 306 g/mol. The van der Waals surface area contributed by atoms with Gasteiger partial charge in [-0.3, -0.25) is 0 Å². The maximum atomic E-state index is 5.91. The van der Waals surface area contributed by atoms with E-state index in [1.807, 2.05) is 6.07 Å². The highest BCUT2D eigenvalue weighted by Gasteiger charge is 2.14. The summed E-state index contributed by atoms with van der Waals surface area (Å²) in [7, 11) is 0. The van der Waals surface area contributed by atoms with Gasteiger partial charge in [0.25, 0.3) is 0 Å². The molecular formula is C9H5BrCl2N2O. The predicted octanol–water partition coefficient (Wildman–Crippen LogP) is 3.99. The lowest BCUT2D eigenvalue weighted by molar-refractivity contribution is 0.436. The zero-order valence-corrected chi connectivity index (χ0v) is 10.4. The summed E-state index contributed by atoms with van der Waals surface area (Å²) in [6.07, 6.45) is 0. The summed E-state index contributed by atoms with van der Waals surface area (Å²) in [6, 6.07) is 5.30. The van der Waals surface area contributed by atoms with Gasteiger partial charge in [0.1, 0.15) is 5.02 Å². The second-order valence-electron chi connectivity index (χ2n) is 2.87. The van der Waals surface area contributed by atoms with Gasteiger partial charge in [-0.15, -0.1) is 0 Å². The zero-order chi connectivity index (χ0) is 11.0. The summed E-state index contributed by atoms with van der Waals surface area (Å²) < 4.78 is 5.83. The van der Waals surface area contributed by atoms with Crippen LogP contribution in [0.1, 0.15) is 0 Å². The fourth-order valence-corrected chi connectivity index (χ4v) is 2.19. The molecule has 0 amide bonds. The Bertz CT molecular complexity index is 493. The second-order valence-corrected chi connectivity index (χ2v) is 4.60. The maximum Gasteiger partial charge on any atom is 0.187 e. The highest BCUT2D eigenvalue weighted by molar-refractivity contribution is 9.10. The number of benzene rings is 1. The van der Waals surface area contributed by atoms with E-state index in [-0.39, 0.29) is 5.82 Å². The number of aromatic nitrogens is 1. The van der Waals surface area contributed by atoms with Crippen LogP contribution in [0.2, 0.25) is 10.0 Å². The number of hydrogen-bond acceptors (Lipinski definition) is 3. The highest BCUT2D eigenvalue weighted by atomic mass is 79.9. The van der Waals surface area contributed by atoms with Crippen molar-refractivity contribution in [3.63, 3.8) is 0 Å². The van der Waals surface area contributed by atoms with E-state index in [0.29, 0.717) is 15.8 Å². The summed E-state index contributed by atoms with van der Waals surface area (Å²) in [4.78, 5) is 0. The van der Waals surface area contributed by atoms with E-state index >= 15 is 0 Å². The molecule has 78 valence electrons. The Labute approximate surface area is 104 Å². The van der Waals surface area contributed by atoms with Gasteiger partial charge in [0.2, 0.25) is 0 Å². The molecule has 0 atom stereocenters. The number of nitrogens with two attached hydrogens (primary N) is 1. The third-order valence-corrected chi connectivity index (χ3v) is 2.83. The lowest BCUT2D eigenvalue weighted by atomic mass is 10.2. The number of hydrogen-bond donors (Lipinski definition) is 1. The first-order chi connectivity index (χ1) is 7.08. The molecule has 0 saturated heterocycles. The van der Waals surface area contributed by atoms with Crippen LogP contribution in [-0.4, -0.2) is 5.16 Å². The molecule has 0 aliphatic carbocycles. The van der Waals surface area contributed by atoms with Crippen molar-refractivity contribution < 1.29 is 4.52 Å². The van der Waals surface area contributed by atoms with Crippen molar-refractivity contribution in [2.24, 2.45) is 0 Å². The van der Waals surface area contributed by atoms with Gasteiger partial charge in [-0.2, -0.15) is 0 Å². The molecular weight excluding hydrogens is 303 g/mol. The Kier molecular flexibility index (Phi) is 2.91. The van der Waals surface area contributed by atoms with Crippen LogP contribution in [0.3, 0.4) is 0 Å². The summed E-state index contributed by atoms with van der Waals surface area (Å²) in [5.74, 6) is 0.583. The minimum atomic E-state index is 0.169. The molecule has 0 unspecified atom stereocenters. The van der Waals surface area contributed by atoms with Gasteiger partial charge in [-0.25, -0.2) is 0 Å². The highest BCUT2D eigenvalue weighted by Crippen LogP contribution is 2.34. The van der Waals surface area contributed by atoms with E-state index in [1.54, 1.807) is 12.1 Å². The van der Waals surface area contributed by atoms with Crippen LogP contribution in [-0.2, 0) is 0 Å². The van der Waals surface area contributed by atoms with Gasteiger partial charge in [0.05, 0.1) is 0 Å². The number of nitrogen functional groups attached to an aromatic ring is 1. The lowest BCUT2D eigenvalue weighted by Gasteiger charge is -1.99. The van der Waals surface area contributed by atoms with Crippen molar-refractivity contribution in [3.05, 3.63) is 32.7 Å². The molecule has 3 nitrogen and oxygen atoms in total. The smallest absolute Gasteiger partial charge is 0.187 e. The van der Waals surface area contributed by atoms with Gasteiger partial charge < -0.3 is 10.3 Å². The summed E-state index contributed by atoms with van der Waals surface area (Å²) in [5.41, 5.74) is 6.20. The van der Waals surface area contributed by atoms with Crippen molar-refractivity contribution in [1.29, 1.82) is 0 Å². The summed E-state index contributed by atoms with van der Waals surface area (Å²) in [6.45, 7) is 0. The maximum absolute atomic E-state index is 5.91. The number of nitrogens with zero attached hydrogens (tertiary/aromatic N) is 1. The molecule has 0 spiro atoms. The van der Waals surface area contributed by atoms with E-state index < -0.39 is 0 Å². The van der Waals surface area contributed by atoms with Crippen LogP contribution in [0.4, 0.5) is 5.82 Å². The van der Waals surface area contributed by atoms with Gasteiger partial charge in [-0.05, 0) is 18.2 Å². The Morgan fingerprint density at radius 3 is 2.53 bits per heavy atom. The molecule has 1 heterocycles. The molecule has 1 aromatic heterocycles. The Morgan fingerprint density at radius 1 is 1.27 bits per heavy atom. The Morgan fingerprint density at radius 2 is 2.00 bits per heavy atom. The Hall–Kier alpha value is -0.710. The third kappa shape index (κ3) is 2.12. The van der Waals surface area contributed by atoms with Crippen molar-refractivity contribution in [3.8, 4) is 11.3 Å². The molecule has 0 aliphatic rings. The SMILES string of the molecule is Nc1noc(-c2cc(Cl)cc(Br)c2)c1Cl. The Balaban J connectivity index is 2.58. The van der Waals surface area contributed by atoms with Gasteiger partial charge >= 0.3 is 0 Å². The molecule has 0 fully saturated rings. The van der Waals surface area contributed by atoms with E-state index in [0.717, 1.165) is 10.0 Å². The van der Waals surface area contributed by atoms with Crippen LogP contribution in [0.25, 0.3) is 11.3 Å². The molecule has 0 saturated carbocycles. The van der Waals surface area contributed by atoms with Crippen LogP contribution in [0.5, 0.6) is 0 Å². The van der Waals surface area contributed by atoms with E-state index in [1.165, 1.54) is 0 Å². The lowest BCUT2D eigenvalue weighted by Crippen LogP contribution is -1.83. The predicted molar refractivity (Wildman–Crippen MR) is 64.1 cm³/mol. The summed E-state index contributed by atoms with van der Waals surface area (Å²) >= 11 is 15.1. The first kappa shape index (κ1) is 10.8. The standard InChI is InChI=1S/C9H5BrCl2N2O/c10-5-1-4(2-6(11)3-5)8-7(12)9(13)14-15-8/h1-3H,(H2,13,14). The van der Waals surface area contributed by atoms with Crippen molar-refractivity contribution in [2.75, 3.05) is 5.73 Å². The molecule has 2 N–H and O–H groups in total. The van der Waals surface area contributed by atoms with Crippen LogP contribution in [0, 0.1) is 0 Å². The first-order valence-corrected chi connectivity index (χ1v) is 5.50. The average molecular weight is 308 g/mol. The molecule has 2 rings (SSSR count). The van der Waals surface area contributed by atoms with Crippen LogP contribution in [0.15, 0.2) is 27.2 Å². The fraction of sp³-hybridized carbons (Fsp3) is 0. The fourth-order valence-electron chi connectivity index (χ4n) is 1.16. The second kappa shape index (κ2) is 4.04. The van der Waals surface area contributed by atoms with E-state index in [4.69, 9.17) is 33.5 Å². The molecule has 6 heteroatoms.